The predicted octanol–water partition coefficient (Wildman–Crippen LogP) is 2.29. The minimum Gasteiger partial charge on any atom is -0.507 e. The normalized spacial score (nSPS) is 16.3. The molecule has 1 aliphatic rings. The minimum atomic E-state index is -0.772. The van der Waals surface area contributed by atoms with Crippen molar-refractivity contribution in [1.29, 1.82) is 0 Å². The van der Waals surface area contributed by atoms with Gasteiger partial charge in [0.1, 0.15) is 12.4 Å². The van der Waals surface area contributed by atoms with E-state index >= 15 is 0 Å². The maximum Gasteiger partial charge on any atom is 0.284 e. The number of para-hydroxylation sites is 2. The molecule has 2 aromatic carbocycles. The van der Waals surface area contributed by atoms with E-state index in [9.17, 15) is 9.90 Å². The Morgan fingerprint density at radius 2 is 2.09 bits per heavy atom. The molecule has 3 rings (SSSR count). The summed E-state index contributed by atoms with van der Waals surface area (Å²) < 4.78 is 12.0. The molecule has 2 N–H and O–H groups in total. The third-order valence-corrected chi connectivity index (χ3v) is 3.84. The summed E-state index contributed by atoms with van der Waals surface area (Å²) in [6.45, 7) is 0.118. The lowest BCUT2D eigenvalue weighted by Gasteiger charge is -2.24. The van der Waals surface area contributed by atoms with Crippen LogP contribution in [0.4, 0.5) is 0 Å². The fraction of sp³-hybridized carbons (Fsp3) is 0.125. The van der Waals surface area contributed by atoms with E-state index in [1.165, 1.54) is 6.21 Å². The van der Waals surface area contributed by atoms with E-state index in [2.05, 4.69) is 33.1 Å². The van der Waals surface area contributed by atoms with Crippen LogP contribution in [0.15, 0.2) is 47.6 Å². The zero-order valence-corrected chi connectivity index (χ0v) is 14.1. The largest absolute Gasteiger partial charge is 0.507 e. The van der Waals surface area contributed by atoms with Crippen LogP contribution >= 0.6 is 22.6 Å². The molecule has 0 unspecified atom stereocenters. The molecule has 23 heavy (non-hydrogen) atoms. The summed E-state index contributed by atoms with van der Waals surface area (Å²) in [5, 5.41) is 13.6. The van der Waals surface area contributed by atoms with Crippen molar-refractivity contribution in [2.75, 3.05) is 6.61 Å². The molecule has 7 heteroatoms. The Hall–Kier alpha value is -2.29. The SMILES string of the molecule is O=C(N/N=C\c1cc(I)ccc1O)[C@@H]1COc2ccccc2O1. The molecule has 1 aliphatic heterocycles. The minimum absolute atomic E-state index is 0.0922. The van der Waals surface area contributed by atoms with Gasteiger partial charge in [-0.25, -0.2) is 5.43 Å². The van der Waals surface area contributed by atoms with Gasteiger partial charge >= 0.3 is 0 Å². The fourth-order valence-electron chi connectivity index (χ4n) is 2.01. The summed E-state index contributed by atoms with van der Waals surface area (Å²) >= 11 is 2.13. The lowest BCUT2D eigenvalue weighted by Crippen LogP contribution is -2.42. The predicted molar refractivity (Wildman–Crippen MR) is 92.9 cm³/mol. The monoisotopic (exact) mass is 424 g/mol. The molecular formula is C16H13IN2O4. The Bertz CT molecular complexity index is 763. The number of hydrogen-bond acceptors (Lipinski definition) is 5. The Morgan fingerprint density at radius 3 is 2.91 bits per heavy atom. The molecule has 0 saturated carbocycles. The summed E-state index contributed by atoms with van der Waals surface area (Å²) in [7, 11) is 0. The average molecular weight is 424 g/mol. The molecule has 1 atom stereocenters. The van der Waals surface area contributed by atoms with Crippen molar-refractivity contribution in [1.82, 2.24) is 5.43 Å². The second kappa shape index (κ2) is 6.86. The molecule has 0 fully saturated rings. The molecule has 0 saturated heterocycles. The van der Waals surface area contributed by atoms with Crippen LogP contribution in [-0.4, -0.2) is 29.9 Å². The Morgan fingerprint density at radius 1 is 1.30 bits per heavy atom. The first-order valence-electron chi connectivity index (χ1n) is 6.83. The molecule has 2 aromatic rings. The number of carbonyl (C=O) groups excluding carboxylic acids is 1. The number of phenols is 1. The van der Waals surface area contributed by atoms with Crippen molar-refractivity contribution < 1.29 is 19.4 Å². The van der Waals surface area contributed by atoms with E-state index < -0.39 is 12.0 Å². The smallest absolute Gasteiger partial charge is 0.284 e. The van der Waals surface area contributed by atoms with Crippen LogP contribution in [0.3, 0.4) is 0 Å². The third kappa shape index (κ3) is 3.73. The van der Waals surface area contributed by atoms with Crippen LogP contribution in [0.25, 0.3) is 0 Å². The van der Waals surface area contributed by atoms with E-state index in [1.54, 1.807) is 36.4 Å². The van der Waals surface area contributed by atoms with Crippen LogP contribution in [0.2, 0.25) is 0 Å². The summed E-state index contributed by atoms with van der Waals surface area (Å²) in [4.78, 5) is 12.1. The highest BCUT2D eigenvalue weighted by atomic mass is 127. The molecule has 0 aliphatic carbocycles. The topological polar surface area (TPSA) is 80.2 Å². The first-order valence-corrected chi connectivity index (χ1v) is 7.91. The maximum atomic E-state index is 12.1. The second-order valence-corrected chi connectivity index (χ2v) is 6.05. The number of nitrogens with zero attached hydrogens (tertiary/aromatic N) is 1. The van der Waals surface area contributed by atoms with Crippen molar-refractivity contribution in [3.63, 3.8) is 0 Å². The van der Waals surface area contributed by atoms with Gasteiger partial charge in [0, 0.05) is 9.13 Å². The van der Waals surface area contributed by atoms with Gasteiger partial charge in [-0.2, -0.15) is 5.10 Å². The summed E-state index contributed by atoms with van der Waals surface area (Å²) in [6.07, 6.45) is 0.610. The van der Waals surface area contributed by atoms with Gasteiger partial charge in [-0.3, -0.25) is 4.79 Å². The van der Waals surface area contributed by atoms with E-state index in [0.717, 1.165) is 3.57 Å². The Labute approximate surface area is 146 Å². The Kier molecular flexibility index (Phi) is 4.65. The standard InChI is InChI=1S/C16H13IN2O4/c17-11-5-6-12(20)10(7-11)8-18-19-16(21)15-9-22-13-3-1-2-4-14(13)23-15/h1-8,15,20H,9H2,(H,19,21)/b18-8-/t15-/m0/s1. The molecule has 118 valence electrons. The summed E-state index contributed by atoms with van der Waals surface area (Å²) in [6, 6.07) is 12.3. The number of amides is 1. The number of hydrogen-bond donors (Lipinski definition) is 2. The van der Waals surface area contributed by atoms with Crippen molar-refractivity contribution in [2.24, 2.45) is 5.10 Å². The lowest BCUT2D eigenvalue weighted by atomic mass is 10.2. The van der Waals surface area contributed by atoms with Gasteiger partial charge in [0.15, 0.2) is 11.5 Å². The quantitative estimate of drug-likeness (QED) is 0.450. The van der Waals surface area contributed by atoms with Gasteiger partial charge < -0.3 is 14.6 Å². The van der Waals surface area contributed by atoms with Gasteiger partial charge in [0.05, 0.1) is 6.21 Å². The number of carbonyl (C=O) groups is 1. The highest BCUT2D eigenvalue weighted by Crippen LogP contribution is 2.30. The van der Waals surface area contributed by atoms with Crippen molar-refractivity contribution in [3.8, 4) is 17.2 Å². The average Bonchev–Trinajstić information content (AvgIpc) is 2.57. The van der Waals surface area contributed by atoms with E-state index in [-0.39, 0.29) is 12.4 Å². The zero-order valence-electron chi connectivity index (χ0n) is 11.9. The van der Waals surface area contributed by atoms with Gasteiger partial charge in [-0.15, -0.1) is 0 Å². The number of aromatic hydroxyl groups is 1. The molecule has 1 heterocycles. The molecule has 0 bridgehead atoms. The van der Waals surface area contributed by atoms with Crippen LogP contribution in [-0.2, 0) is 4.79 Å². The van der Waals surface area contributed by atoms with Gasteiger partial charge in [-0.1, -0.05) is 12.1 Å². The zero-order chi connectivity index (χ0) is 16.2. The Balaban J connectivity index is 1.62. The maximum absolute atomic E-state index is 12.1. The summed E-state index contributed by atoms with van der Waals surface area (Å²) in [5.74, 6) is 0.817. The number of phenolic OH excluding ortho intramolecular Hbond substituents is 1. The van der Waals surface area contributed by atoms with E-state index in [0.29, 0.717) is 17.1 Å². The number of fused-ring (bicyclic) bond motifs is 1. The van der Waals surface area contributed by atoms with E-state index in [4.69, 9.17) is 9.47 Å². The molecule has 0 radical (unpaired) electrons. The van der Waals surface area contributed by atoms with Crippen LogP contribution in [0.1, 0.15) is 5.56 Å². The number of benzene rings is 2. The van der Waals surface area contributed by atoms with Crippen molar-refractivity contribution >= 4 is 34.7 Å². The van der Waals surface area contributed by atoms with Gasteiger partial charge in [-0.05, 0) is 52.9 Å². The number of hydrazone groups is 1. The lowest BCUT2D eigenvalue weighted by molar-refractivity contribution is -0.130. The number of rotatable bonds is 3. The van der Waals surface area contributed by atoms with Gasteiger partial charge in [0.2, 0.25) is 6.10 Å². The fourth-order valence-corrected chi connectivity index (χ4v) is 2.53. The van der Waals surface area contributed by atoms with E-state index in [1.807, 2.05) is 6.07 Å². The summed E-state index contributed by atoms with van der Waals surface area (Å²) in [5.41, 5.74) is 2.91. The molecule has 6 nitrogen and oxygen atoms in total. The van der Waals surface area contributed by atoms with Crippen LogP contribution in [0, 0.1) is 3.57 Å². The highest BCUT2D eigenvalue weighted by Gasteiger charge is 2.26. The second-order valence-electron chi connectivity index (χ2n) is 4.80. The van der Waals surface area contributed by atoms with Crippen LogP contribution < -0.4 is 14.9 Å². The third-order valence-electron chi connectivity index (χ3n) is 3.17. The van der Waals surface area contributed by atoms with Crippen molar-refractivity contribution in [3.05, 3.63) is 51.6 Å². The first-order chi connectivity index (χ1) is 11.1. The van der Waals surface area contributed by atoms with Crippen molar-refractivity contribution in [2.45, 2.75) is 6.10 Å². The number of nitrogens with one attached hydrogen (secondary N) is 1. The number of ether oxygens (including phenoxy) is 2. The molecular weight excluding hydrogens is 411 g/mol. The highest BCUT2D eigenvalue weighted by molar-refractivity contribution is 14.1. The molecule has 1 amide bonds. The first kappa shape index (κ1) is 15.6. The van der Waals surface area contributed by atoms with Crippen LogP contribution in [0.5, 0.6) is 17.2 Å². The number of halogens is 1. The van der Waals surface area contributed by atoms with Gasteiger partial charge in [0.25, 0.3) is 5.91 Å². The molecule has 0 aromatic heterocycles. The molecule has 0 spiro atoms.